The van der Waals surface area contributed by atoms with Gasteiger partial charge in [0.1, 0.15) is 52.5 Å². The molecule has 6 heterocycles. The van der Waals surface area contributed by atoms with Crippen LogP contribution in [0.1, 0.15) is 133 Å². The number of furan rings is 1. The van der Waals surface area contributed by atoms with Crippen molar-refractivity contribution in [3.8, 4) is 21.2 Å². The minimum atomic E-state index is -1.12. The summed E-state index contributed by atoms with van der Waals surface area (Å²) in [5.41, 5.74) is 13.7. The van der Waals surface area contributed by atoms with Gasteiger partial charge in [0.2, 0.25) is 17.7 Å². The van der Waals surface area contributed by atoms with Gasteiger partial charge in [-0.2, -0.15) is 0 Å². The fourth-order valence-corrected chi connectivity index (χ4v) is 12.7. The first-order valence-electron chi connectivity index (χ1n) is 26.9. The van der Waals surface area contributed by atoms with Crippen molar-refractivity contribution >= 4 is 80.6 Å². The second kappa shape index (κ2) is 23.1. The lowest BCUT2D eigenvalue weighted by atomic mass is 9.85. The Morgan fingerprint density at radius 1 is 0.912 bits per heavy atom. The molecule has 3 aliphatic rings. The second-order valence-electron chi connectivity index (χ2n) is 22.0. The molecule has 0 bridgehead atoms. The van der Waals surface area contributed by atoms with E-state index < -0.39 is 59.4 Å². The number of fused-ring (bicyclic) bond motifs is 4. The Labute approximate surface area is 476 Å². The van der Waals surface area contributed by atoms with E-state index in [4.69, 9.17) is 36.2 Å². The first kappa shape index (κ1) is 56.0. The Morgan fingerprint density at radius 3 is 2.35 bits per heavy atom. The highest BCUT2D eigenvalue weighted by molar-refractivity contribution is 7.15. The number of carbonyl (C=O) groups excluding carboxylic acids is 5. The van der Waals surface area contributed by atoms with Crippen LogP contribution >= 0.6 is 34.3 Å². The number of hydrogen-bond donors (Lipinski definition) is 4. The van der Waals surface area contributed by atoms with Crippen LogP contribution in [0.15, 0.2) is 87.7 Å². The molecule has 4 amide bonds. The van der Waals surface area contributed by atoms with Crippen molar-refractivity contribution in [2.24, 2.45) is 16.1 Å². The smallest absolute Gasteiger partial charge is 0.306 e. The Morgan fingerprint density at radius 2 is 1.65 bits per heavy atom. The predicted octanol–water partition coefficient (Wildman–Crippen LogP) is 9.37. The molecule has 5 N–H and O–H groups in total. The number of amides is 4. The zero-order valence-corrected chi connectivity index (χ0v) is 48.3. The number of nitrogens with two attached hydrogens (primary N) is 1. The van der Waals surface area contributed by atoms with Crippen LogP contribution in [0.2, 0.25) is 5.02 Å². The average molecular weight is 1140 g/mol. The summed E-state index contributed by atoms with van der Waals surface area (Å²) in [5, 5.41) is 20.3. The maximum Gasteiger partial charge on any atom is 0.306 e. The number of aromatic nitrogens is 4. The van der Waals surface area contributed by atoms with Gasteiger partial charge in [0.05, 0.1) is 40.8 Å². The van der Waals surface area contributed by atoms with Gasteiger partial charge in [-0.05, 0) is 106 Å². The fraction of sp³-hybridized carbons (Fsp3) is 0.407. The Balaban J connectivity index is 0.775. The molecule has 0 spiro atoms. The van der Waals surface area contributed by atoms with Gasteiger partial charge in [-0.3, -0.25) is 33.5 Å². The quantitative estimate of drug-likeness (QED) is 0.0624. The SMILES string of the molecule is Cc1ncsc1-c1ccc([C@H](C)NC(=O)[C@@H]2C[C@@H](OC(=O)CCCN)CN2C(=O)[C@@H](NC(=O)c2cc3cc(OC4CC(NC(=O)C[C@@H]5N=C(c6ccc(Cl)cc6)c6c(sc(C)c6C)-n6c(C)nnc65)C4)ccc3o2)C(C)(C)C)cc1. The standard InChI is InChI=1S/C59H65ClN10O8S2/c1-30-33(4)80-58-50(30)51(36-15-17-39(60)18-16-36)65-44(54-68-67-34(5)70(54)58)27-48(71)64-40-24-42(25-40)76-41-19-20-46-38(22-41)23-47(78-46)56(74)66-53(59(6,7)8)57(75)69-28-43(77-49(72)10-9-21-61)26-45(69)55(73)63-31(2)35-11-13-37(14-12-35)52-32(3)62-29-79-52/h11-20,22-23,29,31,40,42-45,53H,9-10,21,24-28,61H2,1-8H3,(H,63,73)(H,64,71)(H,66,74)/t31-,40?,42?,43+,44-,45-,53+/m0/s1. The van der Waals surface area contributed by atoms with E-state index in [1.54, 1.807) is 46.9 Å². The number of esters is 1. The minimum Gasteiger partial charge on any atom is -0.490 e. The summed E-state index contributed by atoms with van der Waals surface area (Å²) in [5.74, 6) is -0.318. The molecular weight excluding hydrogens is 1080 g/mol. The molecule has 5 atom stereocenters. The van der Waals surface area contributed by atoms with Gasteiger partial charge < -0.3 is 40.5 Å². The number of aliphatic imine (C=N–C) groups is 1. The zero-order chi connectivity index (χ0) is 56.7. The lowest BCUT2D eigenvalue weighted by Gasteiger charge is -2.36. The Bertz CT molecular complexity index is 3520. The highest BCUT2D eigenvalue weighted by Crippen LogP contribution is 2.40. The molecule has 21 heteroatoms. The molecule has 80 heavy (non-hydrogen) atoms. The molecule has 10 rings (SSSR count). The van der Waals surface area contributed by atoms with Gasteiger partial charge >= 0.3 is 5.97 Å². The molecule has 1 saturated heterocycles. The van der Waals surface area contributed by atoms with Crippen molar-refractivity contribution in [1.29, 1.82) is 0 Å². The van der Waals surface area contributed by atoms with Crippen molar-refractivity contribution in [3.05, 3.63) is 134 Å². The number of thiazole rings is 1. The van der Waals surface area contributed by atoms with Crippen molar-refractivity contribution in [2.45, 2.75) is 136 Å². The highest BCUT2D eigenvalue weighted by atomic mass is 35.5. The maximum absolute atomic E-state index is 14.8. The van der Waals surface area contributed by atoms with Gasteiger partial charge in [0.25, 0.3) is 5.91 Å². The Kier molecular flexibility index (Phi) is 16.2. The van der Waals surface area contributed by atoms with Crippen molar-refractivity contribution in [1.82, 2.24) is 40.6 Å². The lowest BCUT2D eigenvalue weighted by Crippen LogP contribution is -2.57. The van der Waals surface area contributed by atoms with Crippen LogP contribution in [0.25, 0.3) is 26.4 Å². The molecule has 4 aromatic heterocycles. The molecule has 18 nitrogen and oxygen atoms in total. The normalized spacial score (nSPS) is 19.4. The van der Waals surface area contributed by atoms with E-state index in [9.17, 15) is 24.0 Å². The number of halogens is 1. The first-order valence-corrected chi connectivity index (χ1v) is 29.0. The minimum absolute atomic E-state index is 0.0223. The molecule has 7 aromatic rings. The fourth-order valence-electron chi connectivity index (χ4n) is 10.6. The number of ether oxygens (including phenoxy) is 2. The van der Waals surface area contributed by atoms with Crippen LogP contribution in [0, 0.1) is 33.1 Å². The third-order valence-electron chi connectivity index (χ3n) is 15.1. The molecule has 3 aromatic carbocycles. The van der Waals surface area contributed by atoms with E-state index in [0.29, 0.717) is 59.2 Å². The van der Waals surface area contributed by atoms with Crippen LogP contribution < -0.4 is 26.4 Å². The van der Waals surface area contributed by atoms with Crippen LogP contribution in [0.3, 0.4) is 0 Å². The van der Waals surface area contributed by atoms with Crippen molar-refractivity contribution < 1.29 is 37.9 Å². The number of hydrogen-bond acceptors (Lipinski definition) is 15. The molecule has 2 aliphatic heterocycles. The maximum atomic E-state index is 14.8. The van der Waals surface area contributed by atoms with Gasteiger partial charge in [0.15, 0.2) is 11.6 Å². The van der Waals surface area contributed by atoms with E-state index in [1.165, 1.54) is 4.90 Å². The highest BCUT2D eigenvalue weighted by Gasteiger charge is 2.47. The summed E-state index contributed by atoms with van der Waals surface area (Å²) in [6, 6.07) is 19.1. The van der Waals surface area contributed by atoms with Crippen LogP contribution in [0.5, 0.6) is 5.75 Å². The number of carbonyl (C=O) groups is 5. The van der Waals surface area contributed by atoms with Gasteiger partial charge in [0, 0.05) is 58.1 Å². The number of nitrogens with zero attached hydrogens (tertiary/aromatic N) is 6. The molecule has 1 saturated carbocycles. The largest absolute Gasteiger partial charge is 0.490 e. The topological polar surface area (TPSA) is 238 Å². The average Bonchev–Trinajstić information content (AvgIpc) is 4.33. The third kappa shape index (κ3) is 11.8. The number of rotatable bonds is 17. The summed E-state index contributed by atoms with van der Waals surface area (Å²) >= 11 is 9.50. The number of thiophene rings is 1. The second-order valence-corrected chi connectivity index (χ2v) is 24.5. The lowest BCUT2D eigenvalue weighted by molar-refractivity contribution is -0.149. The summed E-state index contributed by atoms with van der Waals surface area (Å²) in [6.45, 7) is 15.7. The van der Waals surface area contributed by atoms with E-state index in [0.717, 1.165) is 54.0 Å². The summed E-state index contributed by atoms with van der Waals surface area (Å²) < 4.78 is 20.2. The van der Waals surface area contributed by atoms with Crippen LogP contribution in [0.4, 0.5) is 0 Å². The van der Waals surface area contributed by atoms with E-state index >= 15 is 0 Å². The molecule has 0 radical (unpaired) electrons. The predicted molar refractivity (Wildman–Crippen MR) is 308 cm³/mol. The summed E-state index contributed by atoms with van der Waals surface area (Å²) in [7, 11) is 0. The summed E-state index contributed by atoms with van der Waals surface area (Å²) in [6.07, 6.45) is 0.907. The van der Waals surface area contributed by atoms with Crippen LogP contribution in [-0.2, 0) is 23.9 Å². The molecule has 2 fully saturated rings. The van der Waals surface area contributed by atoms with E-state index in [2.05, 4.69) is 45.0 Å². The monoisotopic (exact) mass is 1140 g/mol. The van der Waals surface area contributed by atoms with E-state index in [1.807, 2.05) is 100 Å². The van der Waals surface area contributed by atoms with Crippen LogP contribution in [-0.4, -0.2) is 103 Å². The van der Waals surface area contributed by atoms with Gasteiger partial charge in [-0.25, -0.2) is 4.98 Å². The molecule has 0 unspecified atom stereocenters. The van der Waals surface area contributed by atoms with E-state index in [-0.39, 0.29) is 49.6 Å². The number of benzene rings is 3. The Hall–Kier alpha value is -7.26. The number of aryl methyl sites for hydroxylation is 3. The van der Waals surface area contributed by atoms with Gasteiger partial charge in [-0.15, -0.1) is 32.9 Å². The molecular formula is C59H65ClN10O8S2. The molecule has 418 valence electrons. The van der Waals surface area contributed by atoms with Gasteiger partial charge in [-0.1, -0.05) is 68.8 Å². The number of nitrogens with one attached hydrogen (secondary N) is 3. The molecule has 1 aliphatic carbocycles. The summed E-state index contributed by atoms with van der Waals surface area (Å²) in [4.78, 5) is 83.0. The zero-order valence-electron chi connectivity index (χ0n) is 45.9. The van der Waals surface area contributed by atoms with Crippen molar-refractivity contribution in [3.63, 3.8) is 0 Å². The first-order chi connectivity index (χ1) is 38.2. The van der Waals surface area contributed by atoms with Crippen molar-refractivity contribution in [2.75, 3.05) is 13.1 Å². The third-order valence-corrected chi connectivity index (χ3v) is 17.5. The number of likely N-dealkylation sites (tertiary alicyclic amines) is 1.